The van der Waals surface area contributed by atoms with Crippen LogP contribution < -0.4 is 5.32 Å². The number of nitrogens with one attached hydrogen (secondary N) is 1. The standard InChI is InChI=1S/C24H30F3N3O/c1-6-15(3)20(22(31)8-9-24(25,26)27)10-16(4)19(7-2)21-11-17-14-30-23(28-5)12-18(17)13-29-21/h7,10-14,22,31H,6,8-9H2,1-5H3,(H,28,30)/b16-10-,19-7+,20-15-. The van der Waals surface area contributed by atoms with Gasteiger partial charge in [-0.25, -0.2) is 4.98 Å². The number of nitrogens with zero attached hydrogens (tertiary/aromatic N) is 2. The molecule has 0 aromatic carbocycles. The Bertz CT molecular complexity index is 1010. The van der Waals surface area contributed by atoms with Gasteiger partial charge in [0.2, 0.25) is 0 Å². The molecular weight excluding hydrogens is 403 g/mol. The van der Waals surface area contributed by atoms with Crippen molar-refractivity contribution in [2.45, 2.75) is 59.2 Å². The lowest BCUT2D eigenvalue weighted by molar-refractivity contribution is -0.138. The summed E-state index contributed by atoms with van der Waals surface area (Å²) in [5.74, 6) is 0.752. The van der Waals surface area contributed by atoms with E-state index in [1.54, 1.807) is 25.5 Å². The van der Waals surface area contributed by atoms with Gasteiger partial charge in [-0.2, -0.15) is 13.2 Å². The maximum Gasteiger partial charge on any atom is 0.389 e. The van der Waals surface area contributed by atoms with Gasteiger partial charge in [-0.3, -0.25) is 4.98 Å². The van der Waals surface area contributed by atoms with Gasteiger partial charge in [0.1, 0.15) is 5.82 Å². The average molecular weight is 434 g/mol. The molecule has 0 saturated carbocycles. The second kappa shape index (κ2) is 10.6. The predicted molar refractivity (Wildman–Crippen MR) is 121 cm³/mol. The fraction of sp³-hybridized carbons (Fsp3) is 0.417. The first-order valence-corrected chi connectivity index (χ1v) is 10.3. The van der Waals surface area contributed by atoms with Crippen LogP contribution in [-0.2, 0) is 0 Å². The van der Waals surface area contributed by atoms with E-state index in [4.69, 9.17) is 0 Å². The minimum Gasteiger partial charge on any atom is -0.388 e. The minimum atomic E-state index is -4.30. The highest BCUT2D eigenvalue weighted by atomic mass is 19.4. The van der Waals surface area contributed by atoms with Crippen LogP contribution in [0.4, 0.5) is 19.0 Å². The molecule has 1 atom stereocenters. The molecule has 0 fully saturated rings. The van der Waals surface area contributed by atoms with Crippen LogP contribution in [0, 0.1) is 0 Å². The number of hydrogen-bond donors (Lipinski definition) is 2. The Morgan fingerprint density at radius 3 is 2.39 bits per heavy atom. The first kappa shape index (κ1) is 24.6. The zero-order chi connectivity index (χ0) is 23.2. The number of allylic oxidation sites excluding steroid dienone is 4. The van der Waals surface area contributed by atoms with Crippen molar-refractivity contribution in [3.63, 3.8) is 0 Å². The van der Waals surface area contributed by atoms with Gasteiger partial charge in [-0.1, -0.05) is 24.6 Å². The topological polar surface area (TPSA) is 58.0 Å². The summed E-state index contributed by atoms with van der Waals surface area (Å²) >= 11 is 0. The van der Waals surface area contributed by atoms with Crippen molar-refractivity contribution in [2.75, 3.05) is 12.4 Å². The number of anilines is 1. The molecule has 1 unspecified atom stereocenters. The highest BCUT2D eigenvalue weighted by Gasteiger charge is 2.28. The molecule has 31 heavy (non-hydrogen) atoms. The summed E-state index contributed by atoms with van der Waals surface area (Å²) < 4.78 is 37.9. The Labute approximate surface area is 181 Å². The van der Waals surface area contributed by atoms with Crippen molar-refractivity contribution in [1.29, 1.82) is 0 Å². The molecule has 0 aliphatic carbocycles. The average Bonchev–Trinajstić information content (AvgIpc) is 2.74. The van der Waals surface area contributed by atoms with E-state index in [0.29, 0.717) is 12.0 Å². The van der Waals surface area contributed by atoms with Crippen molar-refractivity contribution in [2.24, 2.45) is 0 Å². The van der Waals surface area contributed by atoms with Gasteiger partial charge >= 0.3 is 6.18 Å². The van der Waals surface area contributed by atoms with E-state index >= 15 is 0 Å². The summed E-state index contributed by atoms with van der Waals surface area (Å²) in [4.78, 5) is 8.91. The van der Waals surface area contributed by atoms with E-state index in [9.17, 15) is 18.3 Å². The maximum atomic E-state index is 12.6. The SMILES string of the molecule is C\C=C(/C(C)=C\C(=C(/C)CC)C(O)CCC(F)(F)F)c1cc2cnc(NC)cc2cn1. The quantitative estimate of drug-likeness (QED) is 0.470. The molecule has 0 spiro atoms. The Morgan fingerprint density at radius 1 is 1.16 bits per heavy atom. The summed E-state index contributed by atoms with van der Waals surface area (Å²) in [5, 5.41) is 15.4. The molecule has 168 valence electrons. The molecule has 7 heteroatoms. The molecule has 2 N–H and O–H groups in total. The highest BCUT2D eigenvalue weighted by molar-refractivity contribution is 5.88. The van der Waals surface area contributed by atoms with Gasteiger partial charge in [0.05, 0.1) is 11.8 Å². The molecule has 2 aromatic heterocycles. The van der Waals surface area contributed by atoms with Crippen molar-refractivity contribution in [3.05, 3.63) is 59.1 Å². The van der Waals surface area contributed by atoms with Crippen molar-refractivity contribution < 1.29 is 18.3 Å². The molecule has 0 bridgehead atoms. The molecule has 2 heterocycles. The van der Waals surface area contributed by atoms with Gasteiger partial charge in [0.15, 0.2) is 0 Å². The van der Waals surface area contributed by atoms with Crippen LogP contribution >= 0.6 is 0 Å². The van der Waals surface area contributed by atoms with Crippen LogP contribution in [0.3, 0.4) is 0 Å². The molecule has 0 radical (unpaired) electrons. The van der Waals surface area contributed by atoms with Crippen LogP contribution in [0.1, 0.15) is 52.7 Å². The van der Waals surface area contributed by atoms with Crippen LogP contribution in [0.15, 0.2) is 53.4 Å². The third-order valence-electron chi connectivity index (χ3n) is 5.30. The number of halogens is 3. The number of hydrogen-bond acceptors (Lipinski definition) is 4. The summed E-state index contributed by atoms with van der Waals surface area (Å²) in [6.07, 6.45) is 1.02. The predicted octanol–water partition coefficient (Wildman–Crippen LogP) is 6.45. The Balaban J connectivity index is 2.39. The minimum absolute atomic E-state index is 0.362. The van der Waals surface area contributed by atoms with Crippen molar-refractivity contribution in [3.8, 4) is 0 Å². The van der Waals surface area contributed by atoms with E-state index in [0.717, 1.165) is 39.0 Å². The van der Waals surface area contributed by atoms with Crippen LogP contribution in [0.25, 0.3) is 16.3 Å². The monoisotopic (exact) mass is 433 g/mol. The molecule has 0 aliphatic heterocycles. The second-order valence-corrected chi connectivity index (χ2v) is 7.52. The van der Waals surface area contributed by atoms with Gasteiger partial charge in [-0.15, -0.1) is 0 Å². The van der Waals surface area contributed by atoms with E-state index in [1.807, 2.05) is 45.9 Å². The third kappa shape index (κ3) is 6.66. The lowest BCUT2D eigenvalue weighted by Crippen LogP contribution is -2.17. The van der Waals surface area contributed by atoms with Crippen molar-refractivity contribution in [1.82, 2.24) is 9.97 Å². The number of aromatic nitrogens is 2. The number of rotatable bonds is 8. The zero-order valence-electron chi connectivity index (χ0n) is 18.6. The normalized spacial score (nSPS) is 15.1. The van der Waals surface area contributed by atoms with Crippen molar-refractivity contribution >= 4 is 22.2 Å². The maximum absolute atomic E-state index is 12.6. The third-order valence-corrected chi connectivity index (χ3v) is 5.30. The Hall–Kier alpha value is -2.67. The first-order valence-electron chi connectivity index (χ1n) is 10.3. The van der Waals surface area contributed by atoms with E-state index in [-0.39, 0.29) is 6.42 Å². The molecule has 0 saturated heterocycles. The number of alkyl halides is 3. The first-order chi connectivity index (χ1) is 14.6. The largest absolute Gasteiger partial charge is 0.389 e. The number of fused-ring (bicyclic) bond motifs is 1. The Kier molecular flexibility index (Phi) is 8.39. The number of aliphatic hydroxyl groups excluding tert-OH is 1. The van der Waals surface area contributed by atoms with Gasteiger partial charge in [0.25, 0.3) is 0 Å². The van der Waals surface area contributed by atoms with Crippen LogP contribution in [-0.4, -0.2) is 34.4 Å². The van der Waals surface area contributed by atoms with E-state index in [1.165, 1.54) is 0 Å². The highest BCUT2D eigenvalue weighted by Crippen LogP contribution is 2.30. The summed E-state index contributed by atoms with van der Waals surface area (Å²) in [7, 11) is 1.80. The smallest absolute Gasteiger partial charge is 0.388 e. The van der Waals surface area contributed by atoms with Gasteiger partial charge in [0, 0.05) is 36.6 Å². The molecule has 0 amide bonds. The summed E-state index contributed by atoms with van der Waals surface area (Å²) in [6.45, 7) is 7.52. The fourth-order valence-electron chi connectivity index (χ4n) is 3.37. The summed E-state index contributed by atoms with van der Waals surface area (Å²) in [6, 6.07) is 3.84. The second-order valence-electron chi connectivity index (χ2n) is 7.52. The Morgan fingerprint density at radius 2 is 1.81 bits per heavy atom. The summed E-state index contributed by atoms with van der Waals surface area (Å²) in [5.41, 5.74) is 3.80. The van der Waals surface area contributed by atoms with E-state index < -0.39 is 18.7 Å². The lowest BCUT2D eigenvalue weighted by atomic mass is 9.93. The fourth-order valence-corrected chi connectivity index (χ4v) is 3.37. The molecule has 2 rings (SSSR count). The van der Waals surface area contributed by atoms with Gasteiger partial charge < -0.3 is 10.4 Å². The van der Waals surface area contributed by atoms with Gasteiger partial charge in [-0.05, 0) is 62.5 Å². The molecule has 0 aliphatic rings. The lowest BCUT2D eigenvalue weighted by Gasteiger charge is -2.18. The van der Waals surface area contributed by atoms with E-state index in [2.05, 4.69) is 15.3 Å². The molecular formula is C24H30F3N3O. The van der Waals surface area contributed by atoms with Crippen LogP contribution in [0.5, 0.6) is 0 Å². The zero-order valence-corrected chi connectivity index (χ0v) is 18.6. The molecule has 2 aromatic rings. The number of aliphatic hydroxyl groups is 1. The number of pyridine rings is 2. The molecule has 4 nitrogen and oxygen atoms in total. The van der Waals surface area contributed by atoms with Crippen LogP contribution in [0.2, 0.25) is 0 Å².